The average molecular weight is 252 g/mol. The molecule has 0 aliphatic heterocycles. The summed E-state index contributed by atoms with van der Waals surface area (Å²) >= 11 is 1.60. The molecule has 1 aromatic carbocycles. The third-order valence-electron chi connectivity index (χ3n) is 2.33. The molecule has 0 radical (unpaired) electrons. The number of thiophene rings is 1. The van der Waals surface area contributed by atoms with Gasteiger partial charge >= 0.3 is 0 Å². The van der Waals surface area contributed by atoms with Gasteiger partial charge in [0.1, 0.15) is 17.8 Å². The highest BCUT2D eigenvalue weighted by molar-refractivity contribution is 7.17. The molecule has 2 N–H and O–H groups in total. The Balaban J connectivity index is 2.42. The quantitative estimate of drug-likeness (QED) is 0.658. The van der Waals surface area contributed by atoms with Gasteiger partial charge in [-0.3, -0.25) is 0 Å². The van der Waals surface area contributed by atoms with Gasteiger partial charge in [-0.1, -0.05) is 18.2 Å². The normalized spacial score (nSPS) is 12.1. The number of benzene rings is 1. The zero-order valence-corrected chi connectivity index (χ0v) is 10.1. The Hall–Kier alpha value is -2.63. The first-order valence-corrected chi connectivity index (χ1v) is 5.94. The molecule has 0 amide bonds. The topological polar surface area (TPSA) is 86.0 Å². The maximum atomic E-state index is 8.82. The largest absolute Gasteiger partial charge is 0.388 e. The van der Waals surface area contributed by atoms with Crippen LogP contribution >= 0.6 is 11.3 Å². The van der Waals surface area contributed by atoms with Crippen LogP contribution in [0.4, 0.5) is 0 Å². The van der Waals surface area contributed by atoms with Gasteiger partial charge in [-0.15, -0.1) is 11.3 Å². The predicted molar refractivity (Wildman–Crippen MR) is 71.9 cm³/mol. The van der Waals surface area contributed by atoms with Crippen molar-refractivity contribution < 1.29 is 0 Å². The van der Waals surface area contributed by atoms with Gasteiger partial charge in [0, 0.05) is 27.2 Å². The molecule has 0 fully saturated rings. The molecule has 0 aliphatic rings. The fourth-order valence-corrected chi connectivity index (χ4v) is 2.36. The Bertz CT molecular complexity index is 725. The Labute approximate surface area is 108 Å². The fourth-order valence-electron chi connectivity index (χ4n) is 1.44. The van der Waals surface area contributed by atoms with Crippen molar-refractivity contribution in [3.63, 3.8) is 0 Å². The van der Waals surface area contributed by atoms with Crippen LogP contribution in [0.1, 0.15) is 5.56 Å². The van der Waals surface area contributed by atoms with Crippen LogP contribution in [0.25, 0.3) is 10.1 Å². The lowest BCUT2D eigenvalue weighted by atomic mass is 10.2. The van der Waals surface area contributed by atoms with E-state index in [9.17, 15) is 0 Å². The summed E-state index contributed by atoms with van der Waals surface area (Å²) in [5, 5.41) is 20.4. The van der Waals surface area contributed by atoms with E-state index in [4.69, 9.17) is 16.3 Å². The van der Waals surface area contributed by atoms with E-state index in [1.807, 2.05) is 29.6 Å². The third kappa shape index (κ3) is 2.22. The van der Waals surface area contributed by atoms with E-state index in [2.05, 4.69) is 4.99 Å². The highest BCUT2D eigenvalue weighted by atomic mass is 32.1. The van der Waals surface area contributed by atoms with Crippen LogP contribution in [-0.4, -0.2) is 6.21 Å². The Morgan fingerprint density at radius 2 is 2.06 bits per heavy atom. The molecule has 18 heavy (non-hydrogen) atoms. The second kappa shape index (κ2) is 5.13. The van der Waals surface area contributed by atoms with Gasteiger partial charge in [-0.25, -0.2) is 4.99 Å². The maximum absolute atomic E-state index is 8.82. The molecule has 0 saturated carbocycles. The van der Waals surface area contributed by atoms with Gasteiger partial charge in [0.05, 0.1) is 0 Å². The molecule has 0 aliphatic carbocycles. The van der Waals surface area contributed by atoms with Crippen molar-refractivity contribution in [3.8, 4) is 12.1 Å². The number of aliphatic imine (C=N–C) groups is 1. The summed E-state index contributed by atoms with van der Waals surface area (Å²) < 4.78 is 1.15. The van der Waals surface area contributed by atoms with E-state index in [1.54, 1.807) is 29.7 Å². The van der Waals surface area contributed by atoms with Crippen LogP contribution in [0, 0.1) is 22.7 Å². The zero-order valence-electron chi connectivity index (χ0n) is 9.29. The highest BCUT2D eigenvalue weighted by Gasteiger charge is 2.02. The van der Waals surface area contributed by atoms with Crippen molar-refractivity contribution in [1.82, 2.24) is 0 Å². The maximum Gasteiger partial charge on any atom is 0.174 e. The number of allylic oxidation sites excluding steroid dienone is 2. The Kier molecular flexibility index (Phi) is 3.38. The number of fused-ring (bicyclic) bond motifs is 1. The molecule has 5 heteroatoms. The first-order valence-electron chi connectivity index (χ1n) is 5.06. The number of nitriles is 2. The minimum absolute atomic E-state index is 0.0622. The first kappa shape index (κ1) is 11.8. The summed E-state index contributed by atoms with van der Waals surface area (Å²) in [5.74, 6) is 0. The average Bonchev–Trinajstić information content (AvgIpc) is 2.82. The molecule has 0 atom stereocenters. The van der Waals surface area contributed by atoms with E-state index in [1.165, 1.54) is 0 Å². The van der Waals surface area contributed by atoms with E-state index in [0.29, 0.717) is 0 Å². The fraction of sp³-hybridized carbons (Fsp3) is 0. The molecule has 4 nitrogen and oxygen atoms in total. The van der Waals surface area contributed by atoms with Gasteiger partial charge in [-0.05, 0) is 6.07 Å². The molecular formula is C13H8N4S. The van der Waals surface area contributed by atoms with Crippen LogP contribution in [0.15, 0.2) is 46.0 Å². The van der Waals surface area contributed by atoms with Crippen molar-refractivity contribution in [2.24, 2.45) is 10.7 Å². The van der Waals surface area contributed by atoms with Gasteiger partial charge in [0.15, 0.2) is 5.70 Å². The van der Waals surface area contributed by atoms with Gasteiger partial charge < -0.3 is 5.73 Å². The van der Waals surface area contributed by atoms with E-state index >= 15 is 0 Å². The number of nitrogens with zero attached hydrogens (tertiary/aromatic N) is 3. The molecule has 0 saturated heterocycles. The number of hydrogen-bond acceptors (Lipinski definition) is 5. The van der Waals surface area contributed by atoms with Crippen LogP contribution < -0.4 is 5.73 Å². The summed E-state index contributed by atoms with van der Waals surface area (Å²) in [6, 6.07) is 11.4. The van der Waals surface area contributed by atoms with Crippen molar-refractivity contribution in [2.75, 3.05) is 0 Å². The second-order valence-electron chi connectivity index (χ2n) is 3.43. The van der Waals surface area contributed by atoms with E-state index < -0.39 is 0 Å². The second-order valence-corrected chi connectivity index (χ2v) is 4.34. The lowest BCUT2D eigenvalue weighted by Gasteiger charge is -1.92. The third-order valence-corrected chi connectivity index (χ3v) is 3.31. The Morgan fingerprint density at radius 1 is 1.28 bits per heavy atom. The number of nitrogens with two attached hydrogens (primary N) is 1. The SMILES string of the molecule is N#C/C(N)=C(\C#N)N=Cc1csc2ccccc12. The predicted octanol–water partition coefficient (Wildman–Crippen LogP) is 2.54. The molecule has 0 spiro atoms. The summed E-state index contributed by atoms with van der Waals surface area (Å²) in [6.45, 7) is 0. The van der Waals surface area contributed by atoms with E-state index in [0.717, 1.165) is 15.6 Å². The minimum atomic E-state index is -0.173. The van der Waals surface area contributed by atoms with Crippen LogP contribution in [0.2, 0.25) is 0 Å². The summed E-state index contributed by atoms with van der Waals surface area (Å²) in [4.78, 5) is 3.96. The summed E-state index contributed by atoms with van der Waals surface area (Å²) in [6.07, 6.45) is 1.56. The lowest BCUT2D eigenvalue weighted by Crippen LogP contribution is -1.97. The van der Waals surface area contributed by atoms with Gasteiger partial charge in [-0.2, -0.15) is 10.5 Å². The molecule has 0 bridgehead atoms. The molecule has 2 rings (SSSR count). The molecule has 2 aromatic rings. The molecule has 86 valence electrons. The molecule has 1 aromatic heterocycles. The molecule has 1 heterocycles. The van der Waals surface area contributed by atoms with Gasteiger partial charge in [0.2, 0.25) is 0 Å². The zero-order chi connectivity index (χ0) is 13.0. The van der Waals surface area contributed by atoms with Crippen molar-refractivity contribution in [2.45, 2.75) is 0 Å². The van der Waals surface area contributed by atoms with Crippen molar-refractivity contribution in [1.29, 1.82) is 10.5 Å². The van der Waals surface area contributed by atoms with Crippen LogP contribution in [-0.2, 0) is 0 Å². The lowest BCUT2D eigenvalue weighted by molar-refractivity contribution is 1.27. The minimum Gasteiger partial charge on any atom is -0.388 e. The monoisotopic (exact) mass is 252 g/mol. The van der Waals surface area contributed by atoms with Gasteiger partial charge in [0.25, 0.3) is 0 Å². The summed E-state index contributed by atoms with van der Waals surface area (Å²) in [7, 11) is 0. The van der Waals surface area contributed by atoms with Crippen molar-refractivity contribution in [3.05, 3.63) is 46.6 Å². The molecule has 0 unspecified atom stereocenters. The number of rotatable bonds is 2. The number of hydrogen-bond donors (Lipinski definition) is 1. The summed E-state index contributed by atoms with van der Waals surface area (Å²) in [5.41, 5.74) is 6.04. The first-order chi connectivity index (χ1) is 8.76. The van der Waals surface area contributed by atoms with E-state index in [-0.39, 0.29) is 11.4 Å². The van der Waals surface area contributed by atoms with Crippen LogP contribution in [0.3, 0.4) is 0 Å². The smallest absolute Gasteiger partial charge is 0.174 e. The molecular weight excluding hydrogens is 244 g/mol. The van der Waals surface area contributed by atoms with Crippen LogP contribution in [0.5, 0.6) is 0 Å². The Morgan fingerprint density at radius 3 is 2.78 bits per heavy atom. The van der Waals surface area contributed by atoms with Crippen molar-refractivity contribution >= 4 is 27.6 Å². The standard InChI is InChI=1S/C13H8N4S/c14-5-11(16)12(6-15)17-7-9-8-18-13-4-2-1-3-10(9)13/h1-4,7-8H,16H2/b12-11-,17-7?. The highest BCUT2D eigenvalue weighted by Crippen LogP contribution is 2.24.